The molecule has 1 aromatic heterocycles. The molecule has 180 valence electrons. The molecule has 8 nitrogen and oxygen atoms in total. The molecule has 0 bridgehead atoms. The van der Waals surface area contributed by atoms with Crippen molar-refractivity contribution < 1.29 is 18.9 Å². The molecular formula is C26H26N4O4S. The van der Waals surface area contributed by atoms with Crippen LogP contribution < -0.4 is 4.90 Å². The van der Waals surface area contributed by atoms with E-state index in [9.17, 15) is 14.4 Å². The largest absolute Gasteiger partial charge is 0.351 e. The molecule has 0 atom stereocenters. The number of fused-ring (bicyclic) bond motifs is 1. The van der Waals surface area contributed by atoms with Crippen molar-refractivity contribution in [3.05, 3.63) is 77.2 Å². The number of rotatable bonds is 5. The molecule has 35 heavy (non-hydrogen) atoms. The first-order valence-corrected chi connectivity index (χ1v) is 12.6. The van der Waals surface area contributed by atoms with Gasteiger partial charge in [0.1, 0.15) is 0 Å². The number of aryl methyl sites for hydroxylation is 1. The summed E-state index contributed by atoms with van der Waals surface area (Å²) in [4.78, 5) is 44.9. The predicted octanol–water partition coefficient (Wildman–Crippen LogP) is 3.26. The maximum Gasteiger partial charge on any atom is 0.292 e. The van der Waals surface area contributed by atoms with Crippen LogP contribution in [0.1, 0.15) is 32.2 Å². The van der Waals surface area contributed by atoms with E-state index in [0.29, 0.717) is 44.0 Å². The maximum absolute atomic E-state index is 13.3. The van der Waals surface area contributed by atoms with E-state index in [2.05, 4.69) is 11.2 Å². The number of piperazine rings is 1. The van der Waals surface area contributed by atoms with Crippen molar-refractivity contribution >= 4 is 35.2 Å². The second-order valence-electron chi connectivity index (χ2n) is 8.63. The van der Waals surface area contributed by atoms with Gasteiger partial charge < -0.3 is 19.2 Å². The molecule has 0 unspecified atom stereocenters. The van der Waals surface area contributed by atoms with Crippen molar-refractivity contribution in [2.24, 2.45) is 0 Å². The monoisotopic (exact) mass is 490 g/mol. The number of hydrogen-bond acceptors (Lipinski definition) is 6. The van der Waals surface area contributed by atoms with Gasteiger partial charge >= 0.3 is 0 Å². The third-order valence-corrected chi connectivity index (χ3v) is 7.41. The Balaban J connectivity index is 1.20. The molecule has 9 heteroatoms. The molecule has 5 rings (SSSR count). The standard InChI is InChI=1S/C26H26N4O4S/c1-18-16-22(34-27-18)26(33)29-14-12-28(13-15-29)25(32)20-7-3-5-9-23(20)35-17-24(31)30-11-10-19-6-2-4-8-21(19)30/h2-9,16H,10-15,17H2,1H3. The van der Waals surface area contributed by atoms with Crippen LogP contribution in [-0.2, 0) is 11.2 Å². The molecular weight excluding hydrogens is 464 g/mol. The van der Waals surface area contributed by atoms with Gasteiger partial charge in [0.15, 0.2) is 0 Å². The fourth-order valence-corrected chi connectivity index (χ4v) is 5.41. The van der Waals surface area contributed by atoms with Gasteiger partial charge in [0.25, 0.3) is 11.8 Å². The number of anilines is 1. The lowest BCUT2D eigenvalue weighted by Gasteiger charge is -2.34. The molecule has 0 spiro atoms. The van der Waals surface area contributed by atoms with Crippen LogP contribution in [0.4, 0.5) is 5.69 Å². The number of nitrogens with zero attached hydrogens (tertiary/aromatic N) is 4. The van der Waals surface area contributed by atoms with Gasteiger partial charge in [-0.1, -0.05) is 35.5 Å². The zero-order valence-corrected chi connectivity index (χ0v) is 20.3. The molecule has 0 radical (unpaired) electrons. The Morgan fingerprint density at radius 2 is 1.60 bits per heavy atom. The van der Waals surface area contributed by atoms with E-state index in [4.69, 9.17) is 4.52 Å². The van der Waals surface area contributed by atoms with Gasteiger partial charge in [-0.3, -0.25) is 14.4 Å². The zero-order chi connectivity index (χ0) is 24.4. The summed E-state index contributed by atoms with van der Waals surface area (Å²) in [5.41, 5.74) is 3.41. The summed E-state index contributed by atoms with van der Waals surface area (Å²) in [5, 5.41) is 3.77. The van der Waals surface area contributed by atoms with Gasteiger partial charge in [-0.05, 0) is 37.1 Å². The minimum Gasteiger partial charge on any atom is -0.351 e. The summed E-state index contributed by atoms with van der Waals surface area (Å²) in [5.74, 6) is 0.217. The van der Waals surface area contributed by atoms with Crippen LogP contribution in [0, 0.1) is 6.92 Å². The van der Waals surface area contributed by atoms with Crippen molar-refractivity contribution in [3.63, 3.8) is 0 Å². The molecule has 3 amide bonds. The molecule has 2 aliphatic rings. The number of benzene rings is 2. The van der Waals surface area contributed by atoms with E-state index >= 15 is 0 Å². The van der Waals surface area contributed by atoms with Crippen molar-refractivity contribution in [1.29, 1.82) is 0 Å². The molecule has 1 fully saturated rings. The third-order valence-electron chi connectivity index (χ3n) is 6.35. The van der Waals surface area contributed by atoms with Gasteiger partial charge in [-0.15, -0.1) is 11.8 Å². The summed E-state index contributed by atoms with van der Waals surface area (Å²) < 4.78 is 5.09. The summed E-state index contributed by atoms with van der Waals surface area (Å²) in [6, 6.07) is 17.0. The van der Waals surface area contributed by atoms with Crippen molar-refractivity contribution in [3.8, 4) is 0 Å². The average molecular weight is 491 g/mol. The van der Waals surface area contributed by atoms with E-state index in [1.54, 1.807) is 28.9 Å². The second-order valence-corrected chi connectivity index (χ2v) is 9.64. The molecule has 0 saturated carbocycles. The minimum absolute atomic E-state index is 0.0389. The van der Waals surface area contributed by atoms with E-state index in [0.717, 1.165) is 17.0 Å². The van der Waals surface area contributed by atoms with Crippen molar-refractivity contribution in [1.82, 2.24) is 15.0 Å². The molecule has 2 aromatic carbocycles. The van der Waals surface area contributed by atoms with Crippen LogP contribution in [0.2, 0.25) is 0 Å². The topological polar surface area (TPSA) is 87.0 Å². The lowest BCUT2D eigenvalue weighted by molar-refractivity contribution is -0.116. The van der Waals surface area contributed by atoms with Crippen LogP contribution >= 0.6 is 11.8 Å². The van der Waals surface area contributed by atoms with Crippen LogP contribution in [0.3, 0.4) is 0 Å². The number of carbonyl (C=O) groups excluding carboxylic acids is 3. The van der Waals surface area contributed by atoms with Crippen LogP contribution in [-0.4, -0.2) is 71.2 Å². The number of thioether (sulfide) groups is 1. The number of aromatic nitrogens is 1. The van der Waals surface area contributed by atoms with Crippen LogP contribution in [0.25, 0.3) is 0 Å². The molecule has 2 aliphatic heterocycles. The highest BCUT2D eigenvalue weighted by Crippen LogP contribution is 2.30. The number of para-hydroxylation sites is 1. The second kappa shape index (κ2) is 9.95. The smallest absolute Gasteiger partial charge is 0.292 e. The molecule has 3 aromatic rings. The Hall–Kier alpha value is -3.59. The van der Waals surface area contributed by atoms with E-state index < -0.39 is 0 Å². The van der Waals surface area contributed by atoms with E-state index in [1.807, 2.05) is 41.3 Å². The van der Waals surface area contributed by atoms with E-state index in [-0.39, 0.29) is 29.2 Å². The molecule has 0 aliphatic carbocycles. The first-order chi connectivity index (χ1) is 17.0. The lowest BCUT2D eigenvalue weighted by Crippen LogP contribution is -2.50. The molecule has 1 saturated heterocycles. The Morgan fingerprint density at radius 3 is 2.34 bits per heavy atom. The van der Waals surface area contributed by atoms with Gasteiger partial charge in [-0.25, -0.2) is 0 Å². The normalized spacial score (nSPS) is 15.3. The number of amides is 3. The van der Waals surface area contributed by atoms with Crippen molar-refractivity contribution in [2.45, 2.75) is 18.2 Å². The highest BCUT2D eigenvalue weighted by atomic mass is 32.2. The Kier molecular flexibility index (Phi) is 6.59. The fourth-order valence-electron chi connectivity index (χ4n) is 4.49. The maximum atomic E-state index is 13.3. The minimum atomic E-state index is -0.212. The average Bonchev–Trinajstić information content (AvgIpc) is 3.53. The summed E-state index contributed by atoms with van der Waals surface area (Å²) in [6.45, 7) is 4.17. The fraction of sp³-hybridized carbons (Fsp3) is 0.308. The Bertz CT molecular complexity index is 1270. The zero-order valence-electron chi connectivity index (χ0n) is 19.5. The highest BCUT2D eigenvalue weighted by molar-refractivity contribution is 8.00. The molecule has 3 heterocycles. The molecule has 0 N–H and O–H groups in total. The summed E-state index contributed by atoms with van der Waals surface area (Å²) >= 11 is 1.39. The van der Waals surface area contributed by atoms with Gasteiger partial charge in [0.05, 0.1) is 17.0 Å². The van der Waals surface area contributed by atoms with E-state index in [1.165, 1.54) is 17.3 Å². The number of carbonyl (C=O) groups is 3. The Labute approximate surface area is 207 Å². The summed E-state index contributed by atoms with van der Waals surface area (Å²) in [7, 11) is 0. The van der Waals surface area contributed by atoms with Crippen LogP contribution in [0.15, 0.2) is 64.0 Å². The summed E-state index contributed by atoms with van der Waals surface area (Å²) in [6.07, 6.45) is 0.867. The highest BCUT2D eigenvalue weighted by Gasteiger charge is 2.29. The number of hydrogen-bond donors (Lipinski definition) is 0. The van der Waals surface area contributed by atoms with Gasteiger partial charge in [0, 0.05) is 49.4 Å². The first kappa shape index (κ1) is 23.2. The quantitative estimate of drug-likeness (QED) is 0.511. The first-order valence-electron chi connectivity index (χ1n) is 11.6. The van der Waals surface area contributed by atoms with Gasteiger partial charge in [0.2, 0.25) is 11.7 Å². The Morgan fingerprint density at radius 1 is 0.914 bits per heavy atom. The third kappa shape index (κ3) is 4.81. The van der Waals surface area contributed by atoms with Crippen molar-refractivity contribution in [2.75, 3.05) is 43.4 Å². The lowest BCUT2D eigenvalue weighted by atomic mass is 10.1. The SMILES string of the molecule is Cc1cc(C(=O)N2CCN(C(=O)c3ccccc3SCC(=O)N3CCc4ccccc43)CC2)on1. The predicted molar refractivity (Wildman–Crippen MR) is 133 cm³/mol. The van der Waals surface area contributed by atoms with Gasteiger partial charge in [-0.2, -0.15) is 0 Å². The van der Waals surface area contributed by atoms with Crippen LogP contribution in [0.5, 0.6) is 0 Å².